The van der Waals surface area contributed by atoms with Gasteiger partial charge in [0.15, 0.2) is 17.5 Å². The topological polar surface area (TPSA) is 101 Å². The van der Waals surface area contributed by atoms with Crippen molar-refractivity contribution in [3.8, 4) is 0 Å². The van der Waals surface area contributed by atoms with Crippen LogP contribution < -0.4 is 16.2 Å². The highest BCUT2D eigenvalue weighted by atomic mass is 19.2. The quantitative estimate of drug-likeness (QED) is 0.303. The summed E-state index contributed by atoms with van der Waals surface area (Å²) in [5.41, 5.74) is 0.747. The lowest BCUT2D eigenvalue weighted by Gasteiger charge is -2.17. The fourth-order valence-corrected chi connectivity index (χ4v) is 2.48. The van der Waals surface area contributed by atoms with Crippen LogP contribution >= 0.6 is 0 Å². The molecule has 0 radical (unpaired) electrons. The highest BCUT2D eigenvalue weighted by Crippen LogP contribution is 2.20. The number of carbonyl (C=O) groups is 2. The fourth-order valence-electron chi connectivity index (χ4n) is 2.48. The predicted molar refractivity (Wildman–Crippen MR) is 98.5 cm³/mol. The Kier molecular flexibility index (Phi) is 5.55. The Morgan fingerprint density at radius 3 is 2.28 bits per heavy atom. The molecular weight excluding hydrogens is 387 g/mol. The molecule has 3 rings (SSSR count). The van der Waals surface area contributed by atoms with Crippen LogP contribution in [0.1, 0.15) is 26.3 Å². The van der Waals surface area contributed by atoms with Gasteiger partial charge in [0.1, 0.15) is 6.33 Å². The molecule has 3 N–H and O–H groups in total. The molecule has 0 bridgehead atoms. The first-order valence-electron chi connectivity index (χ1n) is 8.18. The molecule has 3 aromatic rings. The minimum Gasteiger partial charge on any atom is -0.322 e. The number of aromatic nitrogens is 2. The maximum atomic E-state index is 13.3. The van der Waals surface area contributed by atoms with Crippen molar-refractivity contribution in [2.24, 2.45) is 5.84 Å². The average Bonchev–Trinajstić information content (AvgIpc) is 2.72. The van der Waals surface area contributed by atoms with E-state index in [2.05, 4.69) is 15.3 Å². The van der Waals surface area contributed by atoms with Crippen molar-refractivity contribution < 1.29 is 22.8 Å². The summed E-state index contributed by atoms with van der Waals surface area (Å²) in [5.74, 6) is -0.290. The second-order valence-electron chi connectivity index (χ2n) is 6.01. The van der Waals surface area contributed by atoms with Crippen LogP contribution in [-0.4, -0.2) is 21.8 Å². The standard InChI is InChI=1S/C19H14F3N5O2/c1-10-2-3-12(26-18(28)11-4-15(20)17(22)16(21)5-11)6-14(10)19(29)27(23)13-7-24-9-25-8-13/h2-9H,23H2,1H3,(H,26,28). The third-order valence-corrected chi connectivity index (χ3v) is 4.02. The molecule has 0 saturated heterocycles. The number of hydrogen-bond donors (Lipinski definition) is 2. The molecule has 0 saturated carbocycles. The second kappa shape index (κ2) is 8.07. The van der Waals surface area contributed by atoms with Crippen LogP contribution in [0.3, 0.4) is 0 Å². The van der Waals surface area contributed by atoms with Crippen molar-refractivity contribution in [3.63, 3.8) is 0 Å². The van der Waals surface area contributed by atoms with Crippen molar-refractivity contribution in [2.45, 2.75) is 6.92 Å². The number of amides is 2. The van der Waals surface area contributed by atoms with Gasteiger partial charge in [-0.1, -0.05) is 6.07 Å². The summed E-state index contributed by atoms with van der Waals surface area (Å²) in [5, 5.41) is 3.25. The highest BCUT2D eigenvalue weighted by Gasteiger charge is 2.19. The van der Waals surface area contributed by atoms with Crippen LogP contribution in [0.5, 0.6) is 0 Å². The minimum absolute atomic E-state index is 0.172. The maximum absolute atomic E-state index is 13.3. The van der Waals surface area contributed by atoms with E-state index in [1.165, 1.54) is 30.9 Å². The number of anilines is 2. The third kappa shape index (κ3) is 4.22. The fraction of sp³-hybridized carbons (Fsp3) is 0.0526. The molecule has 2 aromatic carbocycles. The van der Waals surface area contributed by atoms with Crippen LogP contribution in [-0.2, 0) is 0 Å². The summed E-state index contributed by atoms with van der Waals surface area (Å²) in [6.45, 7) is 1.67. The SMILES string of the molecule is Cc1ccc(NC(=O)c2cc(F)c(F)c(F)c2)cc1C(=O)N(N)c1cncnc1. The lowest BCUT2D eigenvalue weighted by molar-refractivity contribution is 0.0983. The molecule has 0 fully saturated rings. The van der Waals surface area contributed by atoms with Crippen LogP contribution in [0, 0.1) is 24.4 Å². The summed E-state index contributed by atoms with van der Waals surface area (Å²) in [7, 11) is 0. The molecule has 148 valence electrons. The number of hydrogen-bond acceptors (Lipinski definition) is 5. The Morgan fingerprint density at radius 1 is 1.03 bits per heavy atom. The van der Waals surface area contributed by atoms with E-state index in [9.17, 15) is 22.8 Å². The van der Waals surface area contributed by atoms with E-state index >= 15 is 0 Å². The summed E-state index contributed by atoms with van der Waals surface area (Å²) in [4.78, 5) is 32.5. The Hall–Kier alpha value is -3.79. The summed E-state index contributed by atoms with van der Waals surface area (Å²) < 4.78 is 39.7. The zero-order valence-corrected chi connectivity index (χ0v) is 15.0. The van der Waals surface area contributed by atoms with E-state index in [-0.39, 0.29) is 16.9 Å². The molecule has 0 spiro atoms. The highest BCUT2D eigenvalue weighted by molar-refractivity contribution is 6.08. The van der Waals surface area contributed by atoms with Crippen LogP contribution in [0.15, 0.2) is 49.1 Å². The van der Waals surface area contributed by atoms with Crippen LogP contribution in [0.25, 0.3) is 0 Å². The summed E-state index contributed by atoms with van der Waals surface area (Å²) >= 11 is 0. The molecule has 1 heterocycles. The first kappa shape index (κ1) is 20.0. The van der Waals surface area contributed by atoms with Gasteiger partial charge in [-0.25, -0.2) is 34.0 Å². The number of halogens is 3. The molecule has 1 aromatic heterocycles. The van der Waals surface area contributed by atoms with E-state index in [0.717, 1.165) is 5.01 Å². The maximum Gasteiger partial charge on any atom is 0.272 e. The number of nitrogens with two attached hydrogens (primary N) is 1. The normalized spacial score (nSPS) is 10.5. The molecule has 0 aliphatic rings. The summed E-state index contributed by atoms with van der Waals surface area (Å²) in [6, 6.07) is 5.56. The van der Waals surface area contributed by atoms with E-state index in [1.807, 2.05) is 0 Å². The van der Waals surface area contributed by atoms with Gasteiger partial charge in [-0.3, -0.25) is 9.59 Å². The van der Waals surface area contributed by atoms with Crippen LogP contribution in [0.2, 0.25) is 0 Å². The Morgan fingerprint density at radius 2 is 1.66 bits per heavy atom. The van der Waals surface area contributed by atoms with Crippen molar-refractivity contribution in [3.05, 3.63) is 83.2 Å². The molecule has 7 nitrogen and oxygen atoms in total. The van der Waals surface area contributed by atoms with E-state index < -0.39 is 34.8 Å². The van der Waals surface area contributed by atoms with Crippen molar-refractivity contribution >= 4 is 23.2 Å². The van der Waals surface area contributed by atoms with Gasteiger partial charge in [0.25, 0.3) is 11.8 Å². The molecule has 0 unspecified atom stereocenters. The van der Waals surface area contributed by atoms with E-state index in [4.69, 9.17) is 5.84 Å². The molecule has 0 aliphatic carbocycles. The predicted octanol–water partition coefficient (Wildman–Crippen LogP) is 2.98. The number of aryl methyl sites for hydroxylation is 1. The van der Waals surface area contributed by atoms with Gasteiger partial charge in [0.05, 0.1) is 18.1 Å². The Balaban J connectivity index is 1.85. The van der Waals surface area contributed by atoms with Crippen molar-refractivity contribution in [1.29, 1.82) is 0 Å². The zero-order valence-electron chi connectivity index (χ0n) is 15.0. The van der Waals surface area contributed by atoms with Crippen molar-refractivity contribution in [1.82, 2.24) is 9.97 Å². The Bertz CT molecular complexity index is 1070. The second-order valence-corrected chi connectivity index (χ2v) is 6.01. The first-order valence-corrected chi connectivity index (χ1v) is 8.18. The average molecular weight is 401 g/mol. The molecule has 29 heavy (non-hydrogen) atoms. The van der Waals surface area contributed by atoms with Crippen LogP contribution in [0.4, 0.5) is 24.5 Å². The molecular formula is C19H14F3N5O2. The number of hydrazine groups is 1. The lowest BCUT2D eigenvalue weighted by atomic mass is 10.1. The van der Waals surface area contributed by atoms with E-state index in [1.54, 1.807) is 13.0 Å². The number of carbonyl (C=O) groups excluding carboxylic acids is 2. The number of benzene rings is 2. The number of rotatable bonds is 4. The van der Waals surface area contributed by atoms with Gasteiger partial charge in [-0.15, -0.1) is 0 Å². The Labute approximate surface area is 163 Å². The van der Waals surface area contributed by atoms with Gasteiger partial charge in [-0.2, -0.15) is 0 Å². The lowest BCUT2D eigenvalue weighted by Crippen LogP contribution is -2.38. The van der Waals surface area contributed by atoms with Gasteiger partial charge >= 0.3 is 0 Å². The minimum atomic E-state index is -1.67. The first-order chi connectivity index (χ1) is 13.8. The van der Waals surface area contributed by atoms with Gasteiger partial charge in [0, 0.05) is 16.8 Å². The van der Waals surface area contributed by atoms with Crippen molar-refractivity contribution in [2.75, 3.05) is 10.3 Å². The molecule has 0 aliphatic heterocycles. The number of nitrogens with one attached hydrogen (secondary N) is 1. The largest absolute Gasteiger partial charge is 0.322 e. The van der Waals surface area contributed by atoms with Gasteiger partial charge in [0.2, 0.25) is 0 Å². The summed E-state index contributed by atoms with van der Waals surface area (Å²) in [6.07, 6.45) is 3.98. The third-order valence-electron chi connectivity index (χ3n) is 4.02. The monoisotopic (exact) mass is 401 g/mol. The zero-order chi connectivity index (χ0) is 21.1. The number of nitrogens with zero attached hydrogens (tertiary/aromatic N) is 3. The van der Waals surface area contributed by atoms with Gasteiger partial charge < -0.3 is 5.32 Å². The molecule has 0 atom stereocenters. The molecule has 2 amide bonds. The van der Waals surface area contributed by atoms with Gasteiger partial charge in [-0.05, 0) is 36.8 Å². The molecule has 10 heteroatoms. The smallest absolute Gasteiger partial charge is 0.272 e. The van der Waals surface area contributed by atoms with E-state index in [0.29, 0.717) is 17.7 Å².